The molecule has 2 aromatic carbocycles. The molecule has 2 rings (SSSR count). The van der Waals surface area contributed by atoms with E-state index in [1.54, 1.807) is 36.4 Å². The number of benzene rings is 2. The van der Waals surface area contributed by atoms with Gasteiger partial charge in [-0.1, -0.05) is 27.5 Å². The maximum Gasteiger partial charge on any atom is 0.255 e. The zero-order valence-corrected chi connectivity index (χ0v) is 12.5. The van der Waals surface area contributed by atoms with E-state index in [1.165, 1.54) is 0 Å². The Hall–Kier alpha value is -1.52. The number of hydrogen-bond acceptors (Lipinski definition) is 2. The van der Waals surface area contributed by atoms with Crippen molar-refractivity contribution in [1.82, 2.24) is 0 Å². The molecule has 0 atom stereocenters. The Balaban J connectivity index is 2.24. The van der Waals surface area contributed by atoms with E-state index in [0.717, 1.165) is 10.0 Å². The Kier molecular flexibility index (Phi) is 4.12. The van der Waals surface area contributed by atoms with E-state index in [1.807, 2.05) is 6.92 Å². The summed E-state index contributed by atoms with van der Waals surface area (Å²) < 4.78 is 0.918. The van der Waals surface area contributed by atoms with E-state index < -0.39 is 0 Å². The van der Waals surface area contributed by atoms with Gasteiger partial charge < -0.3 is 11.1 Å². The van der Waals surface area contributed by atoms with Gasteiger partial charge in [0.15, 0.2) is 0 Å². The van der Waals surface area contributed by atoms with Crippen molar-refractivity contribution >= 4 is 44.8 Å². The van der Waals surface area contributed by atoms with E-state index in [2.05, 4.69) is 21.2 Å². The number of hydrogen-bond donors (Lipinski definition) is 2. The van der Waals surface area contributed by atoms with Crippen molar-refractivity contribution in [3.8, 4) is 0 Å². The van der Waals surface area contributed by atoms with Gasteiger partial charge in [-0.15, -0.1) is 0 Å². The molecule has 1 amide bonds. The van der Waals surface area contributed by atoms with Crippen LogP contribution >= 0.6 is 27.5 Å². The van der Waals surface area contributed by atoms with Crippen molar-refractivity contribution in [2.24, 2.45) is 0 Å². The largest absolute Gasteiger partial charge is 0.397 e. The van der Waals surface area contributed by atoms with Crippen LogP contribution in [-0.2, 0) is 0 Å². The van der Waals surface area contributed by atoms with E-state index in [4.69, 9.17) is 17.3 Å². The molecule has 3 N–H and O–H groups in total. The van der Waals surface area contributed by atoms with Crippen LogP contribution in [0.25, 0.3) is 0 Å². The molecular weight excluding hydrogens is 328 g/mol. The average molecular weight is 340 g/mol. The van der Waals surface area contributed by atoms with Crippen LogP contribution in [0.4, 0.5) is 11.4 Å². The fourth-order valence-electron chi connectivity index (χ4n) is 1.61. The number of carbonyl (C=O) groups is 1. The first-order valence-electron chi connectivity index (χ1n) is 5.60. The lowest BCUT2D eigenvalue weighted by Gasteiger charge is -2.10. The minimum Gasteiger partial charge on any atom is -0.397 e. The highest BCUT2D eigenvalue weighted by Gasteiger charge is 2.09. The Bertz CT molecular complexity index is 626. The standard InChI is InChI=1S/C14H12BrClN2O/c1-8-6-12(17)13(7-11(8)16)18-14(19)9-2-4-10(15)5-3-9/h2-7H,17H2,1H3,(H,18,19). The lowest BCUT2D eigenvalue weighted by atomic mass is 10.1. The molecule has 0 heterocycles. The van der Waals surface area contributed by atoms with E-state index >= 15 is 0 Å². The van der Waals surface area contributed by atoms with Crippen LogP contribution in [0.15, 0.2) is 40.9 Å². The molecule has 3 nitrogen and oxygen atoms in total. The third kappa shape index (κ3) is 3.28. The minimum absolute atomic E-state index is 0.223. The zero-order chi connectivity index (χ0) is 14.0. The van der Waals surface area contributed by atoms with Crippen LogP contribution in [0, 0.1) is 6.92 Å². The van der Waals surface area contributed by atoms with Gasteiger partial charge >= 0.3 is 0 Å². The Morgan fingerprint density at radius 3 is 2.53 bits per heavy atom. The van der Waals surface area contributed by atoms with Gasteiger partial charge in [-0.25, -0.2) is 0 Å². The molecule has 98 valence electrons. The normalized spacial score (nSPS) is 10.3. The number of amides is 1. The highest BCUT2D eigenvalue weighted by molar-refractivity contribution is 9.10. The molecule has 0 radical (unpaired) electrons. The fourth-order valence-corrected chi connectivity index (χ4v) is 2.04. The monoisotopic (exact) mass is 338 g/mol. The minimum atomic E-state index is -0.223. The van der Waals surface area contributed by atoms with Crippen molar-refractivity contribution in [3.63, 3.8) is 0 Å². The summed E-state index contributed by atoms with van der Waals surface area (Å²) in [6.07, 6.45) is 0. The van der Waals surface area contributed by atoms with Crippen molar-refractivity contribution < 1.29 is 4.79 Å². The van der Waals surface area contributed by atoms with Crippen LogP contribution in [0.1, 0.15) is 15.9 Å². The topological polar surface area (TPSA) is 55.1 Å². The molecule has 0 spiro atoms. The lowest BCUT2D eigenvalue weighted by Crippen LogP contribution is -2.13. The molecule has 0 saturated heterocycles. The quantitative estimate of drug-likeness (QED) is 0.804. The smallest absolute Gasteiger partial charge is 0.255 e. The number of carbonyl (C=O) groups excluding carboxylic acids is 1. The van der Waals surface area contributed by atoms with Gasteiger partial charge in [-0.3, -0.25) is 4.79 Å². The number of rotatable bonds is 2. The second-order valence-electron chi connectivity index (χ2n) is 4.15. The third-order valence-electron chi connectivity index (χ3n) is 2.69. The zero-order valence-electron chi connectivity index (χ0n) is 10.2. The summed E-state index contributed by atoms with van der Waals surface area (Å²) in [5.74, 6) is -0.223. The molecule has 0 aromatic heterocycles. The molecule has 19 heavy (non-hydrogen) atoms. The summed E-state index contributed by atoms with van der Waals surface area (Å²) in [7, 11) is 0. The van der Waals surface area contributed by atoms with Gasteiger partial charge in [-0.05, 0) is 48.9 Å². The van der Waals surface area contributed by atoms with Gasteiger partial charge in [-0.2, -0.15) is 0 Å². The number of nitrogens with one attached hydrogen (secondary N) is 1. The molecule has 0 aliphatic heterocycles. The molecular formula is C14H12BrClN2O. The number of halogens is 2. The van der Waals surface area contributed by atoms with Crippen molar-refractivity contribution in [3.05, 3.63) is 57.0 Å². The highest BCUT2D eigenvalue weighted by atomic mass is 79.9. The molecule has 0 aliphatic rings. The van der Waals surface area contributed by atoms with E-state index in [-0.39, 0.29) is 5.91 Å². The molecule has 5 heteroatoms. The molecule has 0 fully saturated rings. The van der Waals surface area contributed by atoms with Crippen LogP contribution in [0.2, 0.25) is 5.02 Å². The second kappa shape index (κ2) is 5.63. The molecule has 0 saturated carbocycles. The molecule has 2 aromatic rings. The van der Waals surface area contributed by atoms with E-state index in [0.29, 0.717) is 22.0 Å². The van der Waals surface area contributed by atoms with Crippen molar-refractivity contribution in [2.75, 3.05) is 11.1 Å². The lowest BCUT2D eigenvalue weighted by molar-refractivity contribution is 0.102. The van der Waals surface area contributed by atoms with Crippen molar-refractivity contribution in [2.45, 2.75) is 6.92 Å². The highest BCUT2D eigenvalue weighted by Crippen LogP contribution is 2.27. The molecule has 0 aliphatic carbocycles. The first-order valence-corrected chi connectivity index (χ1v) is 6.77. The fraction of sp³-hybridized carbons (Fsp3) is 0.0714. The predicted molar refractivity (Wildman–Crippen MR) is 82.7 cm³/mol. The molecule has 0 bridgehead atoms. The Morgan fingerprint density at radius 2 is 1.89 bits per heavy atom. The van der Waals surface area contributed by atoms with Gasteiger partial charge in [0.2, 0.25) is 0 Å². The number of nitrogens with two attached hydrogens (primary N) is 1. The SMILES string of the molecule is Cc1cc(N)c(NC(=O)c2ccc(Br)cc2)cc1Cl. The average Bonchev–Trinajstić information content (AvgIpc) is 2.36. The third-order valence-corrected chi connectivity index (χ3v) is 3.62. The Morgan fingerprint density at radius 1 is 1.26 bits per heavy atom. The summed E-state index contributed by atoms with van der Waals surface area (Å²) in [6, 6.07) is 10.5. The number of aryl methyl sites for hydroxylation is 1. The summed E-state index contributed by atoms with van der Waals surface area (Å²) >= 11 is 9.34. The second-order valence-corrected chi connectivity index (χ2v) is 5.47. The van der Waals surface area contributed by atoms with Gasteiger partial charge in [0.25, 0.3) is 5.91 Å². The van der Waals surface area contributed by atoms with Crippen LogP contribution in [0.5, 0.6) is 0 Å². The van der Waals surface area contributed by atoms with Gasteiger partial charge in [0.05, 0.1) is 11.4 Å². The van der Waals surface area contributed by atoms with Crippen LogP contribution < -0.4 is 11.1 Å². The van der Waals surface area contributed by atoms with Crippen LogP contribution in [0.3, 0.4) is 0 Å². The Labute approximate surface area is 124 Å². The van der Waals surface area contributed by atoms with Crippen LogP contribution in [-0.4, -0.2) is 5.91 Å². The predicted octanol–water partition coefficient (Wildman–Crippen LogP) is 4.25. The number of nitrogen functional groups attached to an aromatic ring is 1. The summed E-state index contributed by atoms with van der Waals surface area (Å²) in [5, 5.41) is 3.32. The van der Waals surface area contributed by atoms with E-state index in [9.17, 15) is 4.79 Å². The first kappa shape index (κ1) is 13.9. The first-order chi connectivity index (χ1) is 8.97. The summed E-state index contributed by atoms with van der Waals surface area (Å²) in [4.78, 5) is 12.0. The van der Waals surface area contributed by atoms with Gasteiger partial charge in [0.1, 0.15) is 0 Å². The maximum atomic E-state index is 12.0. The molecule has 0 unspecified atom stereocenters. The van der Waals surface area contributed by atoms with Gasteiger partial charge in [0, 0.05) is 15.1 Å². The summed E-state index contributed by atoms with van der Waals surface area (Å²) in [5.41, 5.74) is 8.30. The maximum absolute atomic E-state index is 12.0. The van der Waals surface area contributed by atoms with Crippen molar-refractivity contribution in [1.29, 1.82) is 0 Å². The summed E-state index contributed by atoms with van der Waals surface area (Å²) in [6.45, 7) is 1.86. The number of anilines is 2.